The van der Waals surface area contributed by atoms with Crippen LogP contribution in [0.2, 0.25) is 0 Å². The monoisotopic (exact) mass is 641 g/mol. The van der Waals surface area contributed by atoms with E-state index in [9.17, 15) is 5.11 Å². The van der Waals surface area contributed by atoms with E-state index in [4.69, 9.17) is 0 Å². The minimum Gasteiger partial charge on any atom is -0.507 e. The fourth-order valence-corrected chi connectivity index (χ4v) is 7.71. The third kappa shape index (κ3) is 21.8. The number of aryl methyl sites for hydroxylation is 1. The number of phenolic OH excluding ortho intramolecular Hbond substituents is 1. The highest BCUT2D eigenvalue weighted by Gasteiger charge is 2.21. The number of phenols is 1. The highest BCUT2D eigenvalue weighted by atomic mass is 16.3. The molecule has 1 aromatic carbocycles. The molecule has 1 aromatic rings. The molecule has 0 fully saturated rings. The van der Waals surface area contributed by atoms with Crippen LogP contribution in [0, 0.1) is 6.92 Å². The molecule has 0 aliphatic rings. The lowest BCUT2D eigenvalue weighted by Gasteiger charge is -2.24. The average molecular weight is 641 g/mol. The molecular formula is C45H84O. The van der Waals surface area contributed by atoms with Crippen LogP contribution < -0.4 is 0 Å². The van der Waals surface area contributed by atoms with Crippen molar-refractivity contribution in [3.63, 3.8) is 0 Å². The van der Waals surface area contributed by atoms with Gasteiger partial charge in [0.05, 0.1) is 0 Å². The minimum absolute atomic E-state index is 0.516. The van der Waals surface area contributed by atoms with E-state index < -0.39 is 0 Å². The van der Waals surface area contributed by atoms with Crippen molar-refractivity contribution in [2.24, 2.45) is 0 Å². The van der Waals surface area contributed by atoms with Crippen molar-refractivity contribution in [3.8, 4) is 5.75 Å². The first kappa shape index (κ1) is 43.0. The zero-order valence-electron chi connectivity index (χ0n) is 32.4. The van der Waals surface area contributed by atoms with Crippen molar-refractivity contribution in [2.45, 2.75) is 252 Å². The molecule has 0 amide bonds. The van der Waals surface area contributed by atoms with Gasteiger partial charge in [0.1, 0.15) is 5.75 Å². The van der Waals surface area contributed by atoms with Crippen LogP contribution >= 0.6 is 0 Å². The Bertz CT molecular complexity index is 781. The molecular weight excluding hydrogens is 556 g/mol. The predicted octanol–water partition coefficient (Wildman–Crippen LogP) is 16.4. The molecule has 46 heavy (non-hydrogen) atoms. The summed E-state index contributed by atoms with van der Waals surface area (Å²) in [5.74, 6) is 1.79. The van der Waals surface area contributed by atoms with E-state index in [-0.39, 0.29) is 0 Å². The van der Waals surface area contributed by atoms with Gasteiger partial charge in [-0.05, 0) is 61.1 Å². The third-order valence-corrected chi connectivity index (χ3v) is 10.9. The van der Waals surface area contributed by atoms with E-state index in [1.807, 2.05) is 0 Å². The fraction of sp³-hybridized carbons (Fsp3) is 0.867. The molecule has 0 bridgehead atoms. The molecule has 1 nitrogen and oxygen atoms in total. The summed E-state index contributed by atoms with van der Waals surface area (Å²) >= 11 is 0. The Kier molecular flexibility index (Phi) is 29.3. The summed E-state index contributed by atoms with van der Waals surface area (Å²) < 4.78 is 0. The maximum atomic E-state index is 11.5. The lowest BCUT2D eigenvalue weighted by molar-refractivity contribution is 0.432. The van der Waals surface area contributed by atoms with Crippen molar-refractivity contribution in [2.75, 3.05) is 0 Å². The molecule has 1 N–H and O–H groups in total. The summed E-state index contributed by atoms with van der Waals surface area (Å²) in [5, 5.41) is 11.5. The first-order valence-electron chi connectivity index (χ1n) is 21.4. The maximum Gasteiger partial charge on any atom is 0.121 e. The van der Waals surface area contributed by atoms with Gasteiger partial charge in [0.2, 0.25) is 0 Å². The molecule has 0 heterocycles. The van der Waals surface area contributed by atoms with Crippen LogP contribution in [0.3, 0.4) is 0 Å². The van der Waals surface area contributed by atoms with Crippen LogP contribution in [-0.2, 0) is 0 Å². The van der Waals surface area contributed by atoms with Crippen LogP contribution in [0.15, 0.2) is 12.1 Å². The van der Waals surface area contributed by atoms with E-state index in [1.165, 1.54) is 211 Å². The molecule has 2 atom stereocenters. The number of aromatic hydroxyl groups is 1. The molecule has 2 unspecified atom stereocenters. The quantitative estimate of drug-likeness (QED) is 0.0743. The predicted molar refractivity (Wildman–Crippen MR) is 209 cm³/mol. The zero-order chi connectivity index (χ0) is 33.5. The van der Waals surface area contributed by atoms with Crippen LogP contribution in [0.1, 0.15) is 262 Å². The van der Waals surface area contributed by atoms with Gasteiger partial charge < -0.3 is 5.11 Å². The number of unbranched alkanes of at least 4 members (excludes halogenated alkanes) is 24. The van der Waals surface area contributed by atoms with Gasteiger partial charge in [0.25, 0.3) is 0 Å². The second-order valence-corrected chi connectivity index (χ2v) is 15.3. The molecule has 0 aromatic heterocycles. The molecule has 0 radical (unpaired) electrons. The number of benzene rings is 1. The lowest BCUT2D eigenvalue weighted by atomic mass is 9.81. The highest BCUT2D eigenvalue weighted by molar-refractivity contribution is 5.46. The van der Waals surface area contributed by atoms with Crippen molar-refractivity contribution < 1.29 is 5.11 Å². The van der Waals surface area contributed by atoms with E-state index in [1.54, 1.807) is 5.56 Å². The Morgan fingerprint density at radius 3 is 1.00 bits per heavy atom. The molecule has 1 rings (SSSR count). The SMILES string of the molecule is CCCCCCCCCCC(CCCCCCCC)c1cc(C)c(O)c(C(CCCCCCCC)CCCCCCCCCC)c1. The molecule has 0 aliphatic heterocycles. The first-order valence-corrected chi connectivity index (χ1v) is 21.4. The van der Waals surface area contributed by atoms with Crippen molar-refractivity contribution in [3.05, 3.63) is 28.8 Å². The summed E-state index contributed by atoms with van der Waals surface area (Å²) in [6.07, 6.45) is 43.7. The Hall–Kier alpha value is -0.980. The molecule has 0 spiro atoms. The Morgan fingerprint density at radius 1 is 0.391 bits per heavy atom. The molecule has 1 heteroatoms. The second-order valence-electron chi connectivity index (χ2n) is 15.3. The Balaban J connectivity index is 2.96. The van der Waals surface area contributed by atoms with Gasteiger partial charge in [-0.3, -0.25) is 0 Å². The van der Waals surface area contributed by atoms with E-state index in [2.05, 4.69) is 46.8 Å². The summed E-state index contributed by atoms with van der Waals surface area (Å²) in [6, 6.07) is 4.89. The summed E-state index contributed by atoms with van der Waals surface area (Å²) in [4.78, 5) is 0. The van der Waals surface area contributed by atoms with Gasteiger partial charge in [0.15, 0.2) is 0 Å². The van der Waals surface area contributed by atoms with Crippen LogP contribution in [0.25, 0.3) is 0 Å². The van der Waals surface area contributed by atoms with Gasteiger partial charge in [-0.1, -0.05) is 220 Å². The van der Waals surface area contributed by atoms with E-state index in [0.29, 0.717) is 17.6 Å². The standard InChI is InChI=1S/C45H84O/c1-6-10-14-18-22-24-28-31-35-41(34-30-26-20-16-12-8-3)43-38-40(5)45(46)44(39-43)42(36-32-27-21-17-13-9-4)37-33-29-25-23-19-15-11-7-2/h38-39,41-42,46H,6-37H2,1-5H3. The highest BCUT2D eigenvalue weighted by Crippen LogP contribution is 2.40. The molecule has 0 aliphatic carbocycles. The van der Waals surface area contributed by atoms with Crippen LogP contribution in [0.4, 0.5) is 0 Å². The third-order valence-electron chi connectivity index (χ3n) is 10.9. The lowest BCUT2D eigenvalue weighted by Crippen LogP contribution is -2.06. The first-order chi connectivity index (χ1) is 22.6. The molecule has 270 valence electrons. The van der Waals surface area contributed by atoms with E-state index >= 15 is 0 Å². The number of hydrogen-bond donors (Lipinski definition) is 1. The average Bonchev–Trinajstić information content (AvgIpc) is 3.06. The topological polar surface area (TPSA) is 20.2 Å². The van der Waals surface area contributed by atoms with Crippen LogP contribution in [0.5, 0.6) is 5.75 Å². The maximum absolute atomic E-state index is 11.5. The van der Waals surface area contributed by atoms with Crippen molar-refractivity contribution in [1.82, 2.24) is 0 Å². The van der Waals surface area contributed by atoms with Gasteiger partial charge in [0, 0.05) is 0 Å². The molecule has 0 saturated heterocycles. The Labute approximate surface area is 290 Å². The molecule has 0 saturated carbocycles. The second kappa shape index (κ2) is 31.3. The summed E-state index contributed by atoms with van der Waals surface area (Å²) in [7, 11) is 0. The zero-order valence-corrected chi connectivity index (χ0v) is 32.4. The largest absolute Gasteiger partial charge is 0.507 e. The fourth-order valence-electron chi connectivity index (χ4n) is 7.71. The number of rotatable bonds is 34. The normalized spacial score (nSPS) is 13.0. The van der Waals surface area contributed by atoms with Crippen LogP contribution in [-0.4, -0.2) is 5.11 Å². The van der Waals surface area contributed by atoms with Gasteiger partial charge in [-0.25, -0.2) is 0 Å². The van der Waals surface area contributed by atoms with Gasteiger partial charge in [-0.15, -0.1) is 0 Å². The number of hydrogen-bond acceptors (Lipinski definition) is 1. The minimum atomic E-state index is 0.516. The van der Waals surface area contributed by atoms with Crippen molar-refractivity contribution >= 4 is 0 Å². The summed E-state index contributed by atoms with van der Waals surface area (Å²) in [6.45, 7) is 11.4. The van der Waals surface area contributed by atoms with E-state index in [0.717, 1.165) is 5.56 Å². The van der Waals surface area contributed by atoms with Gasteiger partial charge >= 0.3 is 0 Å². The van der Waals surface area contributed by atoms with Gasteiger partial charge in [-0.2, -0.15) is 0 Å². The smallest absolute Gasteiger partial charge is 0.121 e. The summed E-state index contributed by atoms with van der Waals surface area (Å²) in [5.41, 5.74) is 3.97. The van der Waals surface area contributed by atoms with Crippen molar-refractivity contribution in [1.29, 1.82) is 0 Å². The Morgan fingerprint density at radius 2 is 0.674 bits per heavy atom.